The average molecular weight is 350 g/mol. The van der Waals surface area contributed by atoms with Crippen LogP contribution in [-0.2, 0) is 9.84 Å². The monoisotopic (exact) mass is 349 g/mol. The van der Waals surface area contributed by atoms with Gasteiger partial charge in [0.1, 0.15) is 5.82 Å². The first kappa shape index (κ1) is 14.9. The maximum Gasteiger partial charge on any atom is 0.151 e. The molecule has 1 aromatic rings. The lowest BCUT2D eigenvalue weighted by molar-refractivity contribution is 0.428. The van der Waals surface area contributed by atoms with Crippen LogP contribution in [0.2, 0.25) is 0 Å². The number of benzene rings is 1. The van der Waals surface area contributed by atoms with Gasteiger partial charge in [-0.1, -0.05) is 22.0 Å². The molecule has 0 saturated carbocycles. The van der Waals surface area contributed by atoms with Crippen molar-refractivity contribution in [2.24, 2.45) is 0 Å². The van der Waals surface area contributed by atoms with Gasteiger partial charge in [0.2, 0.25) is 0 Å². The molecule has 3 nitrogen and oxygen atoms in total. The van der Waals surface area contributed by atoms with E-state index in [1.807, 2.05) is 6.92 Å². The van der Waals surface area contributed by atoms with Crippen molar-refractivity contribution in [3.8, 4) is 0 Å². The van der Waals surface area contributed by atoms with Gasteiger partial charge in [-0.15, -0.1) is 0 Å². The maximum absolute atomic E-state index is 13.8. The van der Waals surface area contributed by atoms with Gasteiger partial charge in [0, 0.05) is 22.1 Å². The molecule has 0 spiro atoms. The van der Waals surface area contributed by atoms with E-state index >= 15 is 0 Å². The second-order valence-corrected chi connectivity index (χ2v) is 8.15. The van der Waals surface area contributed by atoms with E-state index in [-0.39, 0.29) is 29.4 Å². The highest BCUT2D eigenvalue weighted by Crippen LogP contribution is 2.23. The van der Waals surface area contributed by atoms with Crippen LogP contribution in [0.4, 0.5) is 4.39 Å². The van der Waals surface area contributed by atoms with Gasteiger partial charge in [-0.2, -0.15) is 0 Å². The van der Waals surface area contributed by atoms with Crippen molar-refractivity contribution in [1.29, 1.82) is 0 Å². The third-order valence-electron chi connectivity index (χ3n) is 3.38. The summed E-state index contributed by atoms with van der Waals surface area (Å²) in [6, 6.07) is 4.64. The van der Waals surface area contributed by atoms with Crippen LogP contribution >= 0.6 is 15.9 Å². The van der Waals surface area contributed by atoms with Crippen molar-refractivity contribution in [3.05, 3.63) is 34.1 Å². The molecule has 2 rings (SSSR count). The van der Waals surface area contributed by atoms with Gasteiger partial charge < -0.3 is 5.32 Å². The molecule has 1 aliphatic rings. The second-order valence-electron chi connectivity index (χ2n) is 5.01. The minimum absolute atomic E-state index is 0.0863. The number of rotatable bonds is 3. The Morgan fingerprint density at radius 2 is 2.21 bits per heavy atom. The molecule has 2 atom stereocenters. The summed E-state index contributed by atoms with van der Waals surface area (Å²) in [5, 5.41) is 3.22. The summed E-state index contributed by atoms with van der Waals surface area (Å²) in [6.45, 7) is 1.85. The van der Waals surface area contributed by atoms with E-state index < -0.39 is 9.84 Å². The zero-order valence-corrected chi connectivity index (χ0v) is 13.1. The molecule has 1 aromatic carbocycles. The smallest absolute Gasteiger partial charge is 0.151 e. The van der Waals surface area contributed by atoms with Crippen LogP contribution in [0.1, 0.15) is 31.4 Å². The van der Waals surface area contributed by atoms with Crippen LogP contribution in [0, 0.1) is 5.82 Å². The molecule has 0 bridgehead atoms. The van der Waals surface area contributed by atoms with Crippen molar-refractivity contribution in [1.82, 2.24) is 5.32 Å². The summed E-state index contributed by atoms with van der Waals surface area (Å²) in [6.07, 6.45) is 1.50. The van der Waals surface area contributed by atoms with E-state index in [4.69, 9.17) is 0 Å². The zero-order chi connectivity index (χ0) is 14.0. The van der Waals surface area contributed by atoms with Gasteiger partial charge in [0.05, 0.1) is 11.5 Å². The average Bonchev–Trinajstić information content (AvgIpc) is 2.27. The van der Waals surface area contributed by atoms with Gasteiger partial charge in [-0.05, 0) is 31.9 Å². The van der Waals surface area contributed by atoms with E-state index in [1.54, 1.807) is 12.1 Å². The molecule has 6 heteroatoms. The molecular formula is C13H17BrFNO2S. The highest BCUT2D eigenvalue weighted by atomic mass is 79.9. The highest BCUT2D eigenvalue weighted by Gasteiger charge is 2.26. The van der Waals surface area contributed by atoms with Crippen molar-refractivity contribution < 1.29 is 12.8 Å². The summed E-state index contributed by atoms with van der Waals surface area (Å²) in [7, 11) is -2.94. The lowest BCUT2D eigenvalue weighted by atomic mass is 10.1. The van der Waals surface area contributed by atoms with E-state index in [0.29, 0.717) is 16.5 Å². The van der Waals surface area contributed by atoms with E-state index in [1.165, 1.54) is 6.07 Å². The van der Waals surface area contributed by atoms with Crippen LogP contribution in [0.25, 0.3) is 0 Å². The Hall–Kier alpha value is -0.460. The standard InChI is InChI=1S/C13H17BrFNO2S/c1-9(12-5-4-10(14)7-13(12)15)16-11-3-2-6-19(17,18)8-11/h4-5,7,9,11,16H,2-3,6,8H2,1H3. The topological polar surface area (TPSA) is 46.2 Å². The van der Waals surface area contributed by atoms with Crippen molar-refractivity contribution in [2.45, 2.75) is 31.8 Å². The summed E-state index contributed by atoms with van der Waals surface area (Å²) in [5.74, 6) is 0.134. The van der Waals surface area contributed by atoms with E-state index in [2.05, 4.69) is 21.2 Å². The molecule has 1 aliphatic heterocycles. The van der Waals surface area contributed by atoms with E-state index in [9.17, 15) is 12.8 Å². The molecule has 0 amide bonds. The lowest BCUT2D eigenvalue weighted by Crippen LogP contribution is -2.41. The SMILES string of the molecule is CC(NC1CCCS(=O)(=O)C1)c1ccc(Br)cc1F. The van der Waals surface area contributed by atoms with Gasteiger partial charge in [-0.3, -0.25) is 0 Å². The van der Waals surface area contributed by atoms with Gasteiger partial charge in [0.15, 0.2) is 9.84 Å². The molecule has 1 fully saturated rings. The Morgan fingerprint density at radius 3 is 2.84 bits per heavy atom. The first-order valence-corrected chi connectivity index (χ1v) is 8.90. The fraction of sp³-hybridized carbons (Fsp3) is 0.538. The molecule has 19 heavy (non-hydrogen) atoms. The molecular weight excluding hydrogens is 333 g/mol. The van der Waals surface area contributed by atoms with Crippen molar-refractivity contribution >= 4 is 25.8 Å². The lowest BCUT2D eigenvalue weighted by Gasteiger charge is -2.27. The zero-order valence-electron chi connectivity index (χ0n) is 10.7. The van der Waals surface area contributed by atoms with Crippen LogP contribution in [0.5, 0.6) is 0 Å². The van der Waals surface area contributed by atoms with Crippen molar-refractivity contribution in [2.75, 3.05) is 11.5 Å². The maximum atomic E-state index is 13.8. The number of sulfone groups is 1. The quantitative estimate of drug-likeness (QED) is 0.912. The summed E-state index contributed by atoms with van der Waals surface area (Å²) in [4.78, 5) is 0. The van der Waals surface area contributed by atoms with Crippen LogP contribution in [0.15, 0.2) is 22.7 Å². The number of nitrogens with one attached hydrogen (secondary N) is 1. The Kier molecular flexibility index (Phi) is 4.63. The highest BCUT2D eigenvalue weighted by molar-refractivity contribution is 9.10. The fourth-order valence-corrected chi connectivity index (χ4v) is 4.43. The number of halogens is 2. The Labute approximate surface area is 121 Å². The number of hydrogen-bond acceptors (Lipinski definition) is 3. The van der Waals surface area contributed by atoms with Crippen LogP contribution in [-0.4, -0.2) is 26.0 Å². The first-order valence-electron chi connectivity index (χ1n) is 6.29. The summed E-state index contributed by atoms with van der Waals surface area (Å²) >= 11 is 3.22. The summed E-state index contributed by atoms with van der Waals surface area (Å²) in [5.41, 5.74) is 0.561. The second kappa shape index (κ2) is 5.89. The molecule has 1 heterocycles. The number of hydrogen-bond donors (Lipinski definition) is 1. The van der Waals surface area contributed by atoms with Crippen molar-refractivity contribution in [3.63, 3.8) is 0 Å². The predicted octanol–water partition coefficient (Wildman–Crippen LogP) is 2.82. The molecule has 0 aliphatic carbocycles. The van der Waals surface area contributed by atoms with Gasteiger partial charge in [-0.25, -0.2) is 12.8 Å². The first-order chi connectivity index (χ1) is 8.87. The predicted molar refractivity (Wildman–Crippen MR) is 77.3 cm³/mol. The third-order valence-corrected chi connectivity index (χ3v) is 5.69. The molecule has 2 unspecified atom stereocenters. The van der Waals surface area contributed by atoms with Crippen LogP contribution < -0.4 is 5.32 Å². The van der Waals surface area contributed by atoms with Gasteiger partial charge in [0.25, 0.3) is 0 Å². The van der Waals surface area contributed by atoms with Crippen LogP contribution in [0.3, 0.4) is 0 Å². The third kappa shape index (κ3) is 4.00. The minimum atomic E-state index is -2.94. The summed E-state index contributed by atoms with van der Waals surface area (Å²) < 4.78 is 37.7. The fourth-order valence-electron chi connectivity index (χ4n) is 2.45. The Morgan fingerprint density at radius 1 is 1.47 bits per heavy atom. The largest absolute Gasteiger partial charge is 0.306 e. The normalized spacial score (nSPS) is 24.1. The Bertz CT molecular complexity index is 562. The minimum Gasteiger partial charge on any atom is -0.306 e. The molecule has 1 saturated heterocycles. The Balaban J connectivity index is 2.06. The molecule has 106 valence electrons. The van der Waals surface area contributed by atoms with E-state index in [0.717, 1.165) is 6.42 Å². The molecule has 0 aromatic heterocycles. The molecule has 0 radical (unpaired) electrons. The molecule has 1 N–H and O–H groups in total. The van der Waals surface area contributed by atoms with Gasteiger partial charge >= 0.3 is 0 Å².